The molecule has 2 nitrogen and oxygen atoms in total. The smallest absolute Gasteiger partial charge is 0.0424 e. The molecule has 2 rings (SSSR count). The molecule has 0 bridgehead atoms. The first kappa shape index (κ1) is 14.1. The van der Waals surface area contributed by atoms with E-state index in [1.165, 1.54) is 19.3 Å². The molecule has 1 fully saturated rings. The molecule has 100 valence electrons. The molecule has 0 aromatic heterocycles. The molecule has 1 aliphatic rings. The van der Waals surface area contributed by atoms with E-state index < -0.39 is 0 Å². The second-order valence-corrected chi connectivity index (χ2v) is 6.23. The highest BCUT2D eigenvalue weighted by Gasteiger charge is 2.38. The zero-order valence-electron chi connectivity index (χ0n) is 11.0. The lowest BCUT2D eigenvalue weighted by atomic mass is 9.75. The number of hydrogen-bond acceptors (Lipinski definition) is 2. The van der Waals surface area contributed by atoms with Gasteiger partial charge in [0.15, 0.2) is 0 Å². The maximum Gasteiger partial charge on any atom is 0.0424 e. The van der Waals surface area contributed by atoms with Gasteiger partial charge in [-0.3, -0.25) is 0 Å². The van der Waals surface area contributed by atoms with E-state index in [1.807, 2.05) is 12.1 Å². The fourth-order valence-corrected chi connectivity index (χ4v) is 3.09. The molecule has 0 radical (unpaired) electrons. The number of benzene rings is 1. The Labute approximate surface area is 119 Å². The first-order valence-electron chi connectivity index (χ1n) is 6.35. The monoisotopic (exact) mass is 286 g/mol. The van der Waals surface area contributed by atoms with Crippen molar-refractivity contribution in [3.8, 4) is 0 Å². The number of halogens is 2. The lowest BCUT2D eigenvalue weighted by Crippen LogP contribution is -2.56. The number of nitrogens with one attached hydrogen (secondary N) is 1. The molecule has 0 atom stereocenters. The fraction of sp³-hybridized carbons (Fsp3) is 0.571. The normalized spacial score (nSPS) is 17.8. The molecule has 0 spiro atoms. The standard InChI is InChI=1S/C14H20Cl2N2/c1-18(2)14(4-3-5-14)10-17-9-11-6-12(15)8-13(16)7-11/h6-8,17H,3-5,9-10H2,1-2H3. The second-order valence-electron chi connectivity index (χ2n) is 5.35. The zero-order chi connectivity index (χ0) is 13.2. The van der Waals surface area contributed by atoms with Crippen LogP contribution < -0.4 is 5.32 Å². The van der Waals surface area contributed by atoms with Gasteiger partial charge in [-0.1, -0.05) is 23.2 Å². The second kappa shape index (κ2) is 5.79. The summed E-state index contributed by atoms with van der Waals surface area (Å²) >= 11 is 12.0. The van der Waals surface area contributed by atoms with Crippen molar-refractivity contribution < 1.29 is 0 Å². The summed E-state index contributed by atoms with van der Waals surface area (Å²) in [5.74, 6) is 0. The van der Waals surface area contributed by atoms with Gasteiger partial charge >= 0.3 is 0 Å². The van der Waals surface area contributed by atoms with Gasteiger partial charge in [0.25, 0.3) is 0 Å². The molecular weight excluding hydrogens is 267 g/mol. The third-order valence-electron chi connectivity index (χ3n) is 3.94. The van der Waals surface area contributed by atoms with Crippen LogP contribution in [0, 0.1) is 0 Å². The van der Waals surface area contributed by atoms with Crippen molar-refractivity contribution in [2.24, 2.45) is 0 Å². The molecule has 1 aromatic carbocycles. The summed E-state index contributed by atoms with van der Waals surface area (Å²) in [5.41, 5.74) is 1.49. The van der Waals surface area contributed by atoms with Crippen LogP contribution in [0.15, 0.2) is 18.2 Å². The number of rotatable bonds is 5. The van der Waals surface area contributed by atoms with Crippen molar-refractivity contribution >= 4 is 23.2 Å². The van der Waals surface area contributed by atoms with Crippen molar-refractivity contribution in [1.82, 2.24) is 10.2 Å². The largest absolute Gasteiger partial charge is 0.311 e. The Kier molecular flexibility index (Phi) is 4.54. The highest BCUT2D eigenvalue weighted by molar-refractivity contribution is 6.34. The van der Waals surface area contributed by atoms with E-state index in [-0.39, 0.29) is 0 Å². The Hall–Kier alpha value is -0.280. The van der Waals surface area contributed by atoms with Crippen LogP contribution in [0.25, 0.3) is 0 Å². The molecule has 1 N–H and O–H groups in total. The highest BCUT2D eigenvalue weighted by Crippen LogP contribution is 2.35. The van der Waals surface area contributed by atoms with Gasteiger partial charge in [-0.2, -0.15) is 0 Å². The maximum atomic E-state index is 5.99. The Morgan fingerprint density at radius 1 is 1.17 bits per heavy atom. The summed E-state index contributed by atoms with van der Waals surface area (Å²) in [5, 5.41) is 4.92. The molecule has 0 amide bonds. The first-order chi connectivity index (χ1) is 8.52. The molecule has 1 aromatic rings. The number of nitrogens with zero attached hydrogens (tertiary/aromatic N) is 1. The van der Waals surface area contributed by atoms with Gasteiger partial charge in [-0.25, -0.2) is 0 Å². The quantitative estimate of drug-likeness (QED) is 0.890. The van der Waals surface area contributed by atoms with Crippen LogP contribution in [0.3, 0.4) is 0 Å². The SMILES string of the molecule is CN(C)C1(CNCc2cc(Cl)cc(Cl)c2)CCC1. The van der Waals surface area contributed by atoms with Gasteiger partial charge in [0, 0.05) is 28.7 Å². The van der Waals surface area contributed by atoms with E-state index in [0.29, 0.717) is 15.6 Å². The molecule has 0 saturated heterocycles. The molecule has 1 saturated carbocycles. The molecule has 18 heavy (non-hydrogen) atoms. The minimum atomic E-state index is 0.350. The summed E-state index contributed by atoms with van der Waals surface area (Å²) in [6, 6.07) is 5.69. The average molecular weight is 287 g/mol. The van der Waals surface area contributed by atoms with E-state index in [2.05, 4.69) is 24.3 Å². The molecule has 0 aliphatic heterocycles. The summed E-state index contributed by atoms with van der Waals surface area (Å²) in [6.07, 6.45) is 3.90. The van der Waals surface area contributed by atoms with Gasteiger partial charge in [-0.15, -0.1) is 0 Å². The van der Waals surface area contributed by atoms with Crippen molar-refractivity contribution in [1.29, 1.82) is 0 Å². The van der Waals surface area contributed by atoms with Crippen LogP contribution >= 0.6 is 23.2 Å². The average Bonchev–Trinajstić information content (AvgIpc) is 2.19. The van der Waals surface area contributed by atoms with E-state index in [4.69, 9.17) is 23.2 Å². The van der Waals surface area contributed by atoms with Crippen molar-refractivity contribution in [2.75, 3.05) is 20.6 Å². The molecule has 4 heteroatoms. The maximum absolute atomic E-state index is 5.99. The Bertz CT molecular complexity index is 394. The van der Waals surface area contributed by atoms with Crippen LogP contribution in [0.2, 0.25) is 10.0 Å². The summed E-state index contributed by atoms with van der Waals surface area (Å²) in [7, 11) is 4.33. The van der Waals surface area contributed by atoms with Gasteiger partial charge in [0.1, 0.15) is 0 Å². The highest BCUT2D eigenvalue weighted by atomic mass is 35.5. The van der Waals surface area contributed by atoms with Crippen LogP contribution in [0.4, 0.5) is 0 Å². The Morgan fingerprint density at radius 2 is 1.78 bits per heavy atom. The zero-order valence-corrected chi connectivity index (χ0v) is 12.5. The van der Waals surface area contributed by atoms with Crippen LogP contribution in [-0.4, -0.2) is 31.1 Å². The van der Waals surface area contributed by atoms with Crippen LogP contribution in [-0.2, 0) is 6.54 Å². The Morgan fingerprint density at radius 3 is 2.22 bits per heavy atom. The number of hydrogen-bond donors (Lipinski definition) is 1. The predicted octanol–water partition coefficient (Wildman–Crippen LogP) is 3.57. The van der Waals surface area contributed by atoms with E-state index in [9.17, 15) is 0 Å². The minimum Gasteiger partial charge on any atom is -0.311 e. The summed E-state index contributed by atoms with van der Waals surface area (Å²) < 4.78 is 0. The fourth-order valence-electron chi connectivity index (χ4n) is 2.52. The third-order valence-corrected chi connectivity index (χ3v) is 4.37. The van der Waals surface area contributed by atoms with Gasteiger partial charge in [-0.05, 0) is 57.1 Å². The third kappa shape index (κ3) is 3.18. The summed E-state index contributed by atoms with van der Waals surface area (Å²) in [6.45, 7) is 1.83. The molecule has 0 heterocycles. The molecule has 1 aliphatic carbocycles. The molecule has 0 unspecified atom stereocenters. The van der Waals surface area contributed by atoms with E-state index in [1.54, 1.807) is 6.07 Å². The summed E-state index contributed by atoms with van der Waals surface area (Å²) in [4.78, 5) is 2.34. The van der Waals surface area contributed by atoms with Crippen LogP contribution in [0.5, 0.6) is 0 Å². The van der Waals surface area contributed by atoms with Gasteiger partial charge in [0.2, 0.25) is 0 Å². The van der Waals surface area contributed by atoms with Crippen molar-refractivity contribution in [3.63, 3.8) is 0 Å². The molecular formula is C14H20Cl2N2. The number of likely N-dealkylation sites (N-methyl/N-ethyl adjacent to an activating group) is 1. The van der Waals surface area contributed by atoms with E-state index in [0.717, 1.165) is 18.7 Å². The van der Waals surface area contributed by atoms with Crippen molar-refractivity contribution in [2.45, 2.75) is 31.3 Å². The lowest BCUT2D eigenvalue weighted by molar-refractivity contribution is 0.0598. The van der Waals surface area contributed by atoms with Crippen molar-refractivity contribution in [3.05, 3.63) is 33.8 Å². The van der Waals surface area contributed by atoms with Crippen LogP contribution in [0.1, 0.15) is 24.8 Å². The van der Waals surface area contributed by atoms with Gasteiger partial charge in [0.05, 0.1) is 0 Å². The topological polar surface area (TPSA) is 15.3 Å². The minimum absolute atomic E-state index is 0.350. The van der Waals surface area contributed by atoms with E-state index >= 15 is 0 Å². The lowest BCUT2D eigenvalue weighted by Gasteiger charge is -2.47. The predicted molar refractivity (Wildman–Crippen MR) is 78.4 cm³/mol. The first-order valence-corrected chi connectivity index (χ1v) is 7.11. The van der Waals surface area contributed by atoms with Gasteiger partial charge < -0.3 is 10.2 Å². The Balaban J connectivity index is 1.88.